The third-order valence-corrected chi connectivity index (χ3v) is 6.60. The monoisotopic (exact) mass is 436 g/mol. The molecule has 0 aromatic carbocycles. The first-order chi connectivity index (χ1) is 9.51. The first kappa shape index (κ1) is 16.6. The van der Waals surface area contributed by atoms with Crippen LogP contribution in [0.4, 0.5) is 0 Å². The van der Waals surface area contributed by atoms with Gasteiger partial charge in [0.05, 0.1) is 9.83 Å². The van der Waals surface area contributed by atoms with Crippen molar-refractivity contribution in [3.05, 3.63) is 41.6 Å². The average Bonchev–Trinajstić information content (AvgIpc) is 2.99. The smallest absolute Gasteiger partial charge is 0.0701 e. The highest BCUT2D eigenvalue weighted by Crippen LogP contribution is 2.33. The standard InChI is InChI=1S/C14H18Br2N2S2/c1-3-11(17)14(12-5-10(15)8-19-12)18(2)6-9-4-13(16)20-7-9/h4-5,7-8,11,14H,3,6,17H2,1-2H3. The number of likely N-dealkylation sites (N-methyl/N-ethyl adjacent to an activating group) is 1. The highest BCUT2D eigenvalue weighted by Gasteiger charge is 2.24. The SMILES string of the molecule is CCC(N)C(c1cc(Br)cs1)N(C)Cc1csc(Br)c1. The predicted molar refractivity (Wildman–Crippen MR) is 96.5 cm³/mol. The summed E-state index contributed by atoms with van der Waals surface area (Å²) in [6.07, 6.45) is 0.970. The van der Waals surface area contributed by atoms with Crippen molar-refractivity contribution in [1.82, 2.24) is 4.90 Å². The fourth-order valence-corrected chi connectivity index (χ4v) is 5.16. The Kier molecular flexibility index (Phi) is 6.25. The largest absolute Gasteiger partial charge is 0.326 e. The number of nitrogens with zero attached hydrogens (tertiary/aromatic N) is 1. The lowest BCUT2D eigenvalue weighted by atomic mass is 10.0. The molecule has 0 saturated heterocycles. The zero-order chi connectivity index (χ0) is 14.7. The van der Waals surface area contributed by atoms with Gasteiger partial charge in [-0.1, -0.05) is 6.92 Å². The Balaban J connectivity index is 2.17. The molecule has 0 amide bonds. The molecule has 110 valence electrons. The van der Waals surface area contributed by atoms with Gasteiger partial charge in [-0.15, -0.1) is 22.7 Å². The van der Waals surface area contributed by atoms with Gasteiger partial charge in [-0.2, -0.15) is 0 Å². The predicted octanol–water partition coefficient (Wildman–Crippen LogP) is 5.25. The molecule has 0 radical (unpaired) electrons. The highest BCUT2D eigenvalue weighted by molar-refractivity contribution is 9.11. The fraction of sp³-hybridized carbons (Fsp3) is 0.429. The Hall–Kier alpha value is 0.280. The summed E-state index contributed by atoms with van der Waals surface area (Å²) >= 11 is 10.6. The Bertz CT molecular complexity index is 553. The molecule has 2 unspecified atom stereocenters. The molecule has 0 saturated carbocycles. The summed E-state index contributed by atoms with van der Waals surface area (Å²) in [6.45, 7) is 3.06. The van der Waals surface area contributed by atoms with Crippen molar-refractivity contribution in [3.8, 4) is 0 Å². The van der Waals surface area contributed by atoms with Crippen LogP contribution in [0.15, 0.2) is 31.2 Å². The second kappa shape index (κ2) is 7.51. The molecule has 2 rings (SSSR count). The summed E-state index contributed by atoms with van der Waals surface area (Å²) in [7, 11) is 2.15. The molecule has 2 nitrogen and oxygen atoms in total. The molecule has 2 aromatic heterocycles. The number of hydrogen-bond donors (Lipinski definition) is 1. The first-order valence-corrected chi connectivity index (χ1v) is 9.78. The molecule has 0 bridgehead atoms. The third kappa shape index (κ3) is 4.15. The summed E-state index contributed by atoms with van der Waals surface area (Å²) < 4.78 is 2.31. The molecule has 6 heteroatoms. The van der Waals surface area contributed by atoms with E-state index in [1.54, 1.807) is 22.7 Å². The summed E-state index contributed by atoms with van der Waals surface area (Å²) in [4.78, 5) is 3.67. The van der Waals surface area contributed by atoms with Crippen molar-refractivity contribution >= 4 is 54.5 Å². The van der Waals surface area contributed by atoms with E-state index in [9.17, 15) is 0 Å². The minimum absolute atomic E-state index is 0.146. The summed E-state index contributed by atoms with van der Waals surface area (Å²) in [5, 5.41) is 4.32. The summed E-state index contributed by atoms with van der Waals surface area (Å²) in [5.41, 5.74) is 7.69. The highest BCUT2D eigenvalue weighted by atomic mass is 79.9. The van der Waals surface area contributed by atoms with Crippen molar-refractivity contribution in [2.24, 2.45) is 5.73 Å². The molecular formula is C14H18Br2N2S2. The van der Waals surface area contributed by atoms with Gasteiger partial charge in [0.25, 0.3) is 0 Å². The van der Waals surface area contributed by atoms with Gasteiger partial charge in [0, 0.05) is 27.3 Å². The number of halogens is 2. The van der Waals surface area contributed by atoms with Crippen LogP contribution in [0.2, 0.25) is 0 Å². The second-order valence-corrected chi connectivity index (χ2v) is 9.01. The van der Waals surface area contributed by atoms with Gasteiger partial charge in [0.15, 0.2) is 0 Å². The van der Waals surface area contributed by atoms with Crippen LogP contribution < -0.4 is 5.73 Å². The average molecular weight is 438 g/mol. The second-order valence-electron chi connectivity index (χ2n) is 4.86. The van der Waals surface area contributed by atoms with Crippen LogP contribution in [-0.2, 0) is 6.54 Å². The van der Waals surface area contributed by atoms with Crippen molar-refractivity contribution in [2.75, 3.05) is 7.05 Å². The fourth-order valence-electron chi connectivity index (χ4n) is 2.28. The molecule has 0 spiro atoms. The zero-order valence-electron chi connectivity index (χ0n) is 11.5. The maximum atomic E-state index is 6.36. The Morgan fingerprint density at radius 2 is 2.00 bits per heavy atom. The van der Waals surface area contributed by atoms with Crippen molar-refractivity contribution < 1.29 is 0 Å². The number of hydrogen-bond acceptors (Lipinski definition) is 4. The molecule has 2 aromatic rings. The van der Waals surface area contributed by atoms with E-state index in [0.717, 1.165) is 17.4 Å². The topological polar surface area (TPSA) is 29.3 Å². The molecule has 0 aliphatic heterocycles. The van der Waals surface area contributed by atoms with Crippen LogP contribution in [-0.4, -0.2) is 18.0 Å². The van der Waals surface area contributed by atoms with E-state index >= 15 is 0 Å². The maximum absolute atomic E-state index is 6.36. The minimum Gasteiger partial charge on any atom is -0.326 e. The molecular weight excluding hydrogens is 420 g/mol. The van der Waals surface area contributed by atoms with Crippen LogP contribution in [0.5, 0.6) is 0 Å². The zero-order valence-corrected chi connectivity index (χ0v) is 16.3. The van der Waals surface area contributed by atoms with E-state index in [-0.39, 0.29) is 12.1 Å². The number of rotatable bonds is 6. The quantitative estimate of drug-likeness (QED) is 0.668. The van der Waals surface area contributed by atoms with Gasteiger partial charge in [0.1, 0.15) is 0 Å². The van der Waals surface area contributed by atoms with Crippen molar-refractivity contribution in [1.29, 1.82) is 0 Å². The third-order valence-electron chi connectivity index (χ3n) is 3.28. The van der Waals surface area contributed by atoms with Gasteiger partial charge < -0.3 is 5.73 Å². The minimum atomic E-state index is 0.146. The number of nitrogens with two attached hydrogens (primary N) is 1. The van der Waals surface area contributed by atoms with Gasteiger partial charge in [0.2, 0.25) is 0 Å². The Morgan fingerprint density at radius 1 is 1.25 bits per heavy atom. The van der Waals surface area contributed by atoms with Gasteiger partial charge in [-0.3, -0.25) is 4.90 Å². The van der Waals surface area contributed by atoms with E-state index in [1.165, 1.54) is 14.2 Å². The van der Waals surface area contributed by atoms with Crippen LogP contribution in [0.3, 0.4) is 0 Å². The summed E-state index contributed by atoms with van der Waals surface area (Å²) in [6, 6.07) is 4.77. The molecule has 20 heavy (non-hydrogen) atoms. The molecule has 0 fully saturated rings. The molecule has 2 atom stereocenters. The van der Waals surface area contributed by atoms with E-state index in [1.807, 2.05) is 0 Å². The van der Waals surface area contributed by atoms with Gasteiger partial charge in [-0.25, -0.2) is 0 Å². The van der Waals surface area contributed by atoms with Crippen LogP contribution >= 0.6 is 54.5 Å². The normalized spacial score (nSPS) is 14.7. The lowest BCUT2D eigenvalue weighted by molar-refractivity contribution is 0.205. The molecule has 2 N–H and O–H groups in total. The Morgan fingerprint density at radius 3 is 2.50 bits per heavy atom. The lowest BCUT2D eigenvalue weighted by Crippen LogP contribution is -2.38. The van der Waals surface area contributed by atoms with E-state index in [2.05, 4.69) is 73.6 Å². The van der Waals surface area contributed by atoms with Crippen LogP contribution in [0, 0.1) is 0 Å². The van der Waals surface area contributed by atoms with Crippen LogP contribution in [0.1, 0.15) is 29.8 Å². The number of thiophene rings is 2. The van der Waals surface area contributed by atoms with E-state index < -0.39 is 0 Å². The van der Waals surface area contributed by atoms with Gasteiger partial charge in [-0.05, 0) is 68.4 Å². The van der Waals surface area contributed by atoms with Crippen LogP contribution in [0.25, 0.3) is 0 Å². The van der Waals surface area contributed by atoms with Gasteiger partial charge >= 0.3 is 0 Å². The van der Waals surface area contributed by atoms with E-state index in [0.29, 0.717) is 0 Å². The van der Waals surface area contributed by atoms with Crippen molar-refractivity contribution in [3.63, 3.8) is 0 Å². The first-order valence-electron chi connectivity index (χ1n) is 6.44. The molecule has 2 heterocycles. The van der Waals surface area contributed by atoms with E-state index in [4.69, 9.17) is 5.73 Å². The van der Waals surface area contributed by atoms with Crippen molar-refractivity contribution in [2.45, 2.75) is 32.0 Å². The Labute approximate surface area is 145 Å². The summed E-state index contributed by atoms with van der Waals surface area (Å²) in [5.74, 6) is 0. The lowest BCUT2D eigenvalue weighted by Gasteiger charge is -2.31. The molecule has 0 aliphatic rings. The maximum Gasteiger partial charge on any atom is 0.0701 e. The molecule has 0 aliphatic carbocycles.